The Morgan fingerprint density at radius 2 is 1.48 bits per heavy atom. The summed E-state index contributed by atoms with van der Waals surface area (Å²) in [5.41, 5.74) is 2.24. The largest absolute Gasteiger partial charge is 0.469 e. The van der Waals surface area contributed by atoms with Crippen LogP contribution in [0.1, 0.15) is 50.2 Å². The minimum atomic E-state index is -0.293. The molecular weight excluding hydrogens is 338 g/mol. The number of ether oxygens (including phenoxy) is 1. The van der Waals surface area contributed by atoms with Gasteiger partial charge in [0, 0.05) is 24.9 Å². The van der Waals surface area contributed by atoms with E-state index in [1.54, 1.807) is 0 Å². The molecule has 0 radical (unpaired) electrons. The number of carbonyl (C=O) groups is 2. The predicted octanol–water partition coefficient (Wildman–Crippen LogP) is 4.40. The third kappa shape index (κ3) is 5.95. The molecule has 0 heterocycles. The van der Waals surface area contributed by atoms with E-state index in [9.17, 15) is 9.59 Å². The van der Waals surface area contributed by atoms with Crippen molar-refractivity contribution in [2.75, 3.05) is 13.7 Å². The molecule has 2 aromatic rings. The average Bonchev–Trinajstić information content (AvgIpc) is 2.72. The molecule has 0 aliphatic rings. The molecule has 0 spiro atoms. The molecule has 0 bridgehead atoms. The van der Waals surface area contributed by atoms with Gasteiger partial charge in [0.1, 0.15) is 0 Å². The van der Waals surface area contributed by atoms with E-state index in [-0.39, 0.29) is 30.3 Å². The van der Waals surface area contributed by atoms with Crippen LogP contribution in [-0.4, -0.2) is 36.5 Å². The maximum absolute atomic E-state index is 13.2. The van der Waals surface area contributed by atoms with Crippen LogP contribution >= 0.6 is 0 Å². The fourth-order valence-electron chi connectivity index (χ4n) is 3.22. The summed E-state index contributed by atoms with van der Waals surface area (Å²) in [5, 5.41) is 0. The summed E-state index contributed by atoms with van der Waals surface area (Å²) < 4.78 is 4.74. The van der Waals surface area contributed by atoms with E-state index in [1.165, 1.54) is 7.11 Å². The van der Waals surface area contributed by atoms with Gasteiger partial charge >= 0.3 is 5.97 Å². The number of esters is 1. The van der Waals surface area contributed by atoms with Crippen LogP contribution in [0, 0.1) is 0 Å². The lowest BCUT2D eigenvalue weighted by molar-refractivity contribution is -0.142. The molecule has 0 saturated heterocycles. The highest BCUT2D eigenvalue weighted by molar-refractivity contribution is 5.79. The second-order valence-electron chi connectivity index (χ2n) is 6.75. The molecule has 2 rings (SSSR count). The summed E-state index contributed by atoms with van der Waals surface area (Å²) in [6, 6.07) is 20.3. The Morgan fingerprint density at radius 3 is 1.93 bits per heavy atom. The molecule has 0 aliphatic heterocycles. The number of rotatable bonds is 9. The van der Waals surface area contributed by atoms with E-state index in [0.717, 1.165) is 17.5 Å². The molecule has 0 N–H and O–H groups in total. The van der Waals surface area contributed by atoms with Crippen LogP contribution in [0.15, 0.2) is 60.7 Å². The highest BCUT2D eigenvalue weighted by Gasteiger charge is 2.25. The Hall–Kier alpha value is -2.62. The molecule has 1 unspecified atom stereocenters. The summed E-state index contributed by atoms with van der Waals surface area (Å²) in [6.07, 6.45) is 1.43. The summed E-state index contributed by atoms with van der Waals surface area (Å²) in [4.78, 5) is 26.5. The Kier molecular flexibility index (Phi) is 8.05. The van der Waals surface area contributed by atoms with Gasteiger partial charge in [-0.2, -0.15) is 0 Å². The van der Waals surface area contributed by atoms with Gasteiger partial charge in [-0.1, -0.05) is 67.6 Å². The van der Waals surface area contributed by atoms with Gasteiger partial charge in [0.25, 0.3) is 0 Å². The third-order valence-corrected chi connectivity index (χ3v) is 5.01. The molecule has 0 aliphatic carbocycles. The van der Waals surface area contributed by atoms with Crippen LogP contribution in [0.2, 0.25) is 0 Å². The lowest BCUT2D eigenvalue weighted by Crippen LogP contribution is -2.40. The first-order valence-corrected chi connectivity index (χ1v) is 9.53. The van der Waals surface area contributed by atoms with Gasteiger partial charge < -0.3 is 9.64 Å². The molecule has 4 nitrogen and oxygen atoms in total. The van der Waals surface area contributed by atoms with E-state index < -0.39 is 0 Å². The average molecular weight is 367 g/mol. The number of carbonyl (C=O) groups excluding carboxylic acids is 2. The Morgan fingerprint density at radius 1 is 0.963 bits per heavy atom. The van der Waals surface area contributed by atoms with Crippen molar-refractivity contribution in [1.29, 1.82) is 0 Å². The molecule has 4 heteroatoms. The zero-order valence-corrected chi connectivity index (χ0v) is 16.4. The fourth-order valence-corrected chi connectivity index (χ4v) is 3.22. The lowest BCUT2D eigenvalue weighted by atomic mass is 9.88. The fraction of sp³-hybridized carbons (Fsp3) is 0.391. The van der Waals surface area contributed by atoms with Crippen molar-refractivity contribution >= 4 is 11.9 Å². The summed E-state index contributed by atoms with van der Waals surface area (Å²) in [7, 11) is 1.37. The Bertz CT molecular complexity index is 675. The monoisotopic (exact) mass is 367 g/mol. The van der Waals surface area contributed by atoms with Crippen LogP contribution in [0.25, 0.3) is 0 Å². The second kappa shape index (κ2) is 10.5. The smallest absolute Gasteiger partial charge is 0.307 e. The normalized spacial score (nSPS) is 11.9. The maximum atomic E-state index is 13.2. The number of amides is 1. The van der Waals surface area contributed by atoms with E-state index in [2.05, 4.69) is 31.2 Å². The first kappa shape index (κ1) is 20.7. The maximum Gasteiger partial charge on any atom is 0.307 e. The second-order valence-corrected chi connectivity index (χ2v) is 6.75. The van der Waals surface area contributed by atoms with E-state index in [4.69, 9.17) is 4.74 Å². The van der Waals surface area contributed by atoms with Crippen molar-refractivity contribution in [3.8, 4) is 0 Å². The molecule has 0 fully saturated rings. The SMILES string of the molecule is CCC(C)N(CCC(=O)OC)C(=O)CC(c1ccccc1)c1ccccc1. The van der Waals surface area contributed by atoms with Crippen LogP contribution in [0.4, 0.5) is 0 Å². The van der Waals surface area contributed by atoms with Gasteiger partial charge in [0.15, 0.2) is 0 Å². The van der Waals surface area contributed by atoms with Gasteiger partial charge in [-0.25, -0.2) is 0 Å². The Labute approximate surface area is 162 Å². The summed E-state index contributed by atoms with van der Waals surface area (Å²) in [5.74, 6) is -0.241. The molecule has 0 aromatic heterocycles. The molecule has 0 saturated carbocycles. The highest BCUT2D eigenvalue weighted by atomic mass is 16.5. The first-order chi connectivity index (χ1) is 13.1. The van der Waals surface area contributed by atoms with E-state index in [0.29, 0.717) is 13.0 Å². The minimum absolute atomic E-state index is 0.00965. The number of nitrogens with zero attached hydrogens (tertiary/aromatic N) is 1. The van der Waals surface area contributed by atoms with Crippen molar-refractivity contribution in [2.24, 2.45) is 0 Å². The number of hydrogen-bond donors (Lipinski definition) is 0. The zero-order valence-electron chi connectivity index (χ0n) is 16.4. The van der Waals surface area contributed by atoms with Crippen LogP contribution in [-0.2, 0) is 14.3 Å². The third-order valence-electron chi connectivity index (χ3n) is 5.01. The van der Waals surface area contributed by atoms with Gasteiger partial charge in [-0.05, 0) is 24.5 Å². The van der Waals surface area contributed by atoms with Gasteiger partial charge in [0.05, 0.1) is 13.5 Å². The molecular formula is C23H29NO3. The van der Waals surface area contributed by atoms with Gasteiger partial charge in [-0.3, -0.25) is 9.59 Å². The number of hydrogen-bond acceptors (Lipinski definition) is 3. The van der Waals surface area contributed by atoms with Crippen LogP contribution < -0.4 is 0 Å². The van der Waals surface area contributed by atoms with Crippen molar-refractivity contribution < 1.29 is 14.3 Å². The molecule has 1 amide bonds. The number of benzene rings is 2. The topological polar surface area (TPSA) is 46.6 Å². The van der Waals surface area contributed by atoms with Crippen LogP contribution in [0.3, 0.4) is 0 Å². The van der Waals surface area contributed by atoms with E-state index >= 15 is 0 Å². The molecule has 27 heavy (non-hydrogen) atoms. The summed E-state index contributed by atoms with van der Waals surface area (Å²) >= 11 is 0. The first-order valence-electron chi connectivity index (χ1n) is 9.53. The zero-order chi connectivity index (χ0) is 19.6. The Balaban J connectivity index is 2.23. The van der Waals surface area contributed by atoms with E-state index in [1.807, 2.05) is 48.2 Å². The quantitative estimate of drug-likeness (QED) is 0.617. The van der Waals surface area contributed by atoms with Crippen molar-refractivity contribution in [3.63, 3.8) is 0 Å². The van der Waals surface area contributed by atoms with Crippen molar-refractivity contribution in [2.45, 2.75) is 45.1 Å². The van der Waals surface area contributed by atoms with Crippen LogP contribution in [0.5, 0.6) is 0 Å². The molecule has 144 valence electrons. The summed E-state index contributed by atoms with van der Waals surface area (Å²) in [6.45, 7) is 4.46. The minimum Gasteiger partial charge on any atom is -0.469 e. The highest BCUT2D eigenvalue weighted by Crippen LogP contribution is 2.29. The van der Waals surface area contributed by atoms with Crippen molar-refractivity contribution in [1.82, 2.24) is 4.90 Å². The lowest BCUT2D eigenvalue weighted by Gasteiger charge is -2.30. The van der Waals surface area contributed by atoms with Gasteiger partial charge in [0.2, 0.25) is 5.91 Å². The van der Waals surface area contributed by atoms with Crippen molar-refractivity contribution in [3.05, 3.63) is 71.8 Å². The molecule has 1 atom stereocenters. The number of methoxy groups -OCH3 is 1. The predicted molar refractivity (Wildman–Crippen MR) is 107 cm³/mol. The molecule has 2 aromatic carbocycles. The van der Waals surface area contributed by atoms with Gasteiger partial charge in [-0.15, -0.1) is 0 Å². The standard InChI is InChI=1S/C23H29NO3/c1-4-18(2)24(16-15-23(26)27-3)22(25)17-21(19-11-7-5-8-12-19)20-13-9-6-10-14-20/h5-14,18,21H,4,15-17H2,1-3H3.